The molecule has 98 valence electrons. The molecule has 1 N–H and O–H groups in total. The summed E-state index contributed by atoms with van der Waals surface area (Å²) < 4.78 is 0. The van der Waals surface area contributed by atoms with E-state index in [4.69, 9.17) is 11.6 Å². The van der Waals surface area contributed by atoms with Crippen molar-refractivity contribution in [3.05, 3.63) is 50.7 Å². The summed E-state index contributed by atoms with van der Waals surface area (Å²) in [7, 11) is 0. The minimum Gasteiger partial charge on any atom is -0.326 e. The van der Waals surface area contributed by atoms with Crippen LogP contribution in [0.3, 0.4) is 0 Å². The van der Waals surface area contributed by atoms with Crippen molar-refractivity contribution in [3.8, 4) is 0 Å². The van der Waals surface area contributed by atoms with E-state index in [1.165, 1.54) is 18.3 Å². The number of hydrogen-bond acceptors (Lipinski definition) is 3. The van der Waals surface area contributed by atoms with E-state index in [9.17, 15) is 9.59 Å². The Morgan fingerprint density at radius 2 is 1.84 bits per heavy atom. The largest absolute Gasteiger partial charge is 0.326 e. The predicted molar refractivity (Wildman–Crippen MR) is 78.2 cm³/mol. The zero-order valence-corrected chi connectivity index (χ0v) is 12.1. The van der Waals surface area contributed by atoms with E-state index in [1.54, 1.807) is 24.3 Å². The number of carbonyl (C=O) groups is 2. The van der Waals surface area contributed by atoms with E-state index in [-0.39, 0.29) is 11.7 Å². The van der Waals surface area contributed by atoms with Gasteiger partial charge >= 0.3 is 0 Å². The number of hydrogen-bond donors (Lipinski definition) is 1. The van der Waals surface area contributed by atoms with E-state index in [0.717, 1.165) is 5.56 Å². The van der Waals surface area contributed by atoms with Crippen LogP contribution in [0.5, 0.6) is 0 Å². The molecule has 0 aliphatic rings. The van der Waals surface area contributed by atoms with E-state index in [1.807, 2.05) is 12.3 Å². The molecule has 19 heavy (non-hydrogen) atoms. The molecule has 2 rings (SSSR count). The molecule has 2 aromatic rings. The van der Waals surface area contributed by atoms with Crippen molar-refractivity contribution in [1.29, 1.82) is 0 Å². The molecule has 0 aliphatic carbocycles. The number of carbonyl (C=O) groups excluding carboxylic acids is 2. The Labute approximate surface area is 120 Å². The maximum atomic E-state index is 12.3. The molecule has 0 radical (unpaired) electrons. The van der Waals surface area contributed by atoms with Crippen molar-refractivity contribution in [2.45, 2.75) is 13.8 Å². The van der Waals surface area contributed by atoms with Crippen LogP contribution in [0.1, 0.15) is 27.7 Å². The highest BCUT2D eigenvalue weighted by atomic mass is 35.5. The molecule has 3 nitrogen and oxygen atoms in total. The standard InChI is InChI=1S/C14H12ClNO2S/c1-8-7-19-14(12(8)15)13(18)10-3-5-11(6-4-10)16-9(2)17/h3-7H,1-2H3,(H,16,17). The van der Waals surface area contributed by atoms with E-state index in [2.05, 4.69) is 5.32 Å². The third kappa shape index (κ3) is 3.03. The second-order valence-electron chi connectivity index (χ2n) is 4.15. The van der Waals surface area contributed by atoms with Gasteiger partial charge in [-0.2, -0.15) is 0 Å². The lowest BCUT2D eigenvalue weighted by Crippen LogP contribution is -2.06. The molecule has 0 bridgehead atoms. The fourth-order valence-corrected chi connectivity index (χ4v) is 2.86. The number of nitrogens with one attached hydrogen (secondary N) is 1. The van der Waals surface area contributed by atoms with Crippen molar-refractivity contribution < 1.29 is 9.59 Å². The molecular formula is C14H12ClNO2S. The Bertz CT molecular complexity index is 631. The number of aryl methyl sites for hydroxylation is 1. The van der Waals surface area contributed by atoms with Crippen LogP contribution in [-0.4, -0.2) is 11.7 Å². The van der Waals surface area contributed by atoms with Gasteiger partial charge in [0.2, 0.25) is 11.7 Å². The minimum absolute atomic E-state index is 0.0996. The number of anilines is 1. The van der Waals surface area contributed by atoms with Crippen molar-refractivity contribution in [3.63, 3.8) is 0 Å². The molecule has 1 heterocycles. The molecule has 0 saturated carbocycles. The third-order valence-electron chi connectivity index (χ3n) is 2.57. The highest BCUT2D eigenvalue weighted by molar-refractivity contribution is 7.13. The second kappa shape index (κ2) is 5.55. The van der Waals surface area contributed by atoms with Gasteiger partial charge < -0.3 is 5.32 Å². The van der Waals surface area contributed by atoms with Crippen molar-refractivity contribution in [1.82, 2.24) is 0 Å². The Kier molecular flexibility index (Phi) is 4.02. The first-order valence-electron chi connectivity index (χ1n) is 5.65. The SMILES string of the molecule is CC(=O)Nc1ccc(C(=O)c2scc(C)c2Cl)cc1. The topological polar surface area (TPSA) is 46.2 Å². The normalized spacial score (nSPS) is 10.3. The van der Waals surface area contributed by atoms with E-state index in [0.29, 0.717) is 21.2 Å². The van der Waals surface area contributed by atoms with Crippen molar-refractivity contribution in [2.24, 2.45) is 0 Å². The zero-order chi connectivity index (χ0) is 14.0. The number of rotatable bonds is 3. The Morgan fingerprint density at radius 1 is 1.21 bits per heavy atom. The van der Waals surface area contributed by atoms with Crippen LogP contribution in [0.15, 0.2) is 29.6 Å². The van der Waals surface area contributed by atoms with Gasteiger partial charge in [-0.1, -0.05) is 11.6 Å². The van der Waals surface area contributed by atoms with E-state index >= 15 is 0 Å². The summed E-state index contributed by atoms with van der Waals surface area (Å²) >= 11 is 7.43. The number of halogens is 1. The smallest absolute Gasteiger partial charge is 0.221 e. The first-order valence-corrected chi connectivity index (χ1v) is 6.90. The molecular weight excluding hydrogens is 282 g/mol. The van der Waals surface area contributed by atoms with Gasteiger partial charge in [-0.05, 0) is 42.1 Å². The molecule has 0 fully saturated rings. The molecule has 1 amide bonds. The Balaban J connectivity index is 2.25. The lowest BCUT2D eigenvalue weighted by molar-refractivity contribution is -0.114. The lowest BCUT2D eigenvalue weighted by atomic mass is 10.1. The monoisotopic (exact) mass is 293 g/mol. The van der Waals surface area contributed by atoms with Gasteiger partial charge in [0.1, 0.15) is 0 Å². The van der Waals surface area contributed by atoms with Crippen molar-refractivity contribution in [2.75, 3.05) is 5.32 Å². The first kappa shape index (κ1) is 13.8. The molecule has 0 spiro atoms. The summed E-state index contributed by atoms with van der Waals surface area (Å²) in [5.41, 5.74) is 2.13. The molecule has 0 unspecified atom stereocenters. The minimum atomic E-state index is -0.143. The predicted octanol–water partition coefficient (Wildman–Crippen LogP) is 3.90. The summed E-state index contributed by atoms with van der Waals surface area (Å²) in [6.45, 7) is 3.31. The quantitative estimate of drug-likeness (QED) is 0.872. The van der Waals surface area contributed by atoms with Gasteiger partial charge in [0.15, 0.2) is 0 Å². The number of benzene rings is 1. The van der Waals surface area contributed by atoms with Crippen LogP contribution < -0.4 is 5.32 Å². The van der Waals surface area contributed by atoms with Crippen LogP contribution in [0.2, 0.25) is 5.02 Å². The molecule has 0 aliphatic heterocycles. The first-order chi connectivity index (χ1) is 8.99. The third-order valence-corrected chi connectivity index (χ3v) is 4.27. The van der Waals surface area contributed by atoms with Crippen molar-refractivity contribution >= 4 is 40.3 Å². The van der Waals surface area contributed by atoms with Gasteiger partial charge in [0.05, 0.1) is 9.90 Å². The average molecular weight is 294 g/mol. The number of amides is 1. The molecule has 5 heteroatoms. The highest BCUT2D eigenvalue weighted by Crippen LogP contribution is 2.29. The average Bonchev–Trinajstić information content (AvgIpc) is 2.69. The fourth-order valence-electron chi connectivity index (χ4n) is 1.62. The van der Waals surface area contributed by atoms with Gasteiger partial charge in [-0.25, -0.2) is 0 Å². The van der Waals surface area contributed by atoms with Gasteiger partial charge in [0, 0.05) is 18.2 Å². The summed E-state index contributed by atoms with van der Waals surface area (Å²) in [6.07, 6.45) is 0. The summed E-state index contributed by atoms with van der Waals surface area (Å²) in [5.74, 6) is -0.242. The van der Waals surface area contributed by atoms with Crippen LogP contribution >= 0.6 is 22.9 Å². The lowest BCUT2D eigenvalue weighted by Gasteiger charge is -2.03. The fraction of sp³-hybridized carbons (Fsp3) is 0.143. The van der Waals surface area contributed by atoms with E-state index < -0.39 is 0 Å². The maximum absolute atomic E-state index is 12.3. The van der Waals surface area contributed by atoms with Gasteiger partial charge in [-0.3, -0.25) is 9.59 Å². The highest BCUT2D eigenvalue weighted by Gasteiger charge is 2.16. The zero-order valence-electron chi connectivity index (χ0n) is 10.5. The second-order valence-corrected chi connectivity index (χ2v) is 5.41. The molecule has 1 aromatic heterocycles. The van der Waals surface area contributed by atoms with Crippen LogP contribution in [0.25, 0.3) is 0 Å². The molecule has 1 aromatic carbocycles. The maximum Gasteiger partial charge on any atom is 0.221 e. The summed E-state index contributed by atoms with van der Waals surface area (Å²) in [5, 5.41) is 5.03. The molecule has 0 atom stereocenters. The van der Waals surface area contributed by atoms with Crippen LogP contribution in [0.4, 0.5) is 5.69 Å². The summed E-state index contributed by atoms with van der Waals surface area (Å²) in [6, 6.07) is 6.75. The number of ketones is 1. The van der Waals surface area contributed by atoms with Crippen LogP contribution in [-0.2, 0) is 4.79 Å². The Hall–Kier alpha value is -1.65. The molecule has 0 saturated heterocycles. The Morgan fingerprint density at radius 3 is 2.32 bits per heavy atom. The summed E-state index contributed by atoms with van der Waals surface area (Å²) in [4.78, 5) is 23.7. The van der Waals surface area contributed by atoms with Gasteiger partial charge in [0.25, 0.3) is 0 Å². The van der Waals surface area contributed by atoms with Crippen LogP contribution in [0, 0.1) is 6.92 Å². The van der Waals surface area contributed by atoms with Gasteiger partial charge in [-0.15, -0.1) is 11.3 Å². The number of thiophene rings is 1.